The average molecular weight is 184 g/mol. The van der Waals surface area contributed by atoms with E-state index in [0.717, 1.165) is 44.8 Å². The van der Waals surface area contributed by atoms with Gasteiger partial charge >= 0.3 is 0 Å². The van der Waals surface area contributed by atoms with Crippen molar-refractivity contribution >= 4 is 0 Å². The highest BCUT2D eigenvalue weighted by molar-refractivity contribution is 4.84. The number of nitrogens with zero attached hydrogens (tertiary/aromatic N) is 1. The minimum absolute atomic E-state index is 0.785. The van der Waals surface area contributed by atoms with Crippen molar-refractivity contribution in [1.29, 1.82) is 0 Å². The second kappa shape index (κ2) is 4.40. The number of nitrogens with two attached hydrogens (primary N) is 1. The van der Waals surface area contributed by atoms with Crippen LogP contribution in [-0.4, -0.2) is 43.8 Å². The second-order valence-electron chi connectivity index (χ2n) is 4.22. The van der Waals surface area contributed by atoms with Crippen LogP contribution in [-0.2, 0) is 4.74 Å². The van der Waals surface area contributed by atoms with E-state index in [9.17, 15) is 0 Å². The zero-order chi connectivity index (χ0) is 9.10. The van der Waals surface area contributed by atoms with E-state index in [-0.39, 0.29) is 0 Å². The number of morpholine rings is 1. The Hall–Kier alpha value is -0.120. The summed E-state index contributed by atoms with van der Waals surface area (Å²) in [6.45, 7) is 4.97. The first kappa shape index (κ1) is 9.44. The van der Waals surface area contributed by atoms with Gasteiger partial charge in [0.15, 0.2) is 0 Å². The van der Waals surface area contributed by atoms with E-state index in [4.69, 9.17) is 10.5 Å². The molecule has 2 N–H and O–H groups in total. The molecule has 1 saturated heterocycles. The lowest BCUT2D eigenvalue weighted by Gasteiger charge is -2.32. The lowest BCUT2D eigenvalue weighted by atomic mass is 10.1. The summed E-state index contributed by atoms with van der Waals surface area (Å²) in [7, 11) is 0. The lowest BCUT2D eigenvalue weighted by molar-refractivity contribution is 0.0173. The van der Waals surface area contributed by atoms with Gasteiger partial charge in [0.1, 0.15) is 0 Å². The van der Waals surface area contributed by atoms with E-state index in [1.807, 2.05) is 0 Å². The average Bonchev–Trinajstić information content (AvgIpc) is 2.67. The van der Waals surface area contributed by atoms with Crippen LogP contribution in [0.3, 0.4) is 0 Å². The Morgan fingerprint density at radius 1 is 1.23 bits per heavy atom. The summed E-state index contributed by atoms with van der Waals surface area (Å²) >= 11 is 0. The number of hydrogen-bond acceptors (Lipinski definition) is 3. The molecule has 13 heavy (non-hydrogen) atoms. The standard InChI is InChI=1S/C10H20N2O/c11-8-9-1-2-10(7-9)12-3-5-13-6-4-12/h9-10H,1-8,11H2. The van der Waals surface area contributed by atoms with Crippen LogP contribution in [0.25, 0.3) is 0 Å². The molecule has 3 heteroatoms. The molecule has 76 valence electrons. The van der Waals surface area contributed by atoms with Gasteiger partial charge in [0.25, 0.3) is 0 Å². The summed E-state index contributed by atoms with van der Waals surface area (Å²) in [5.74, 6) is 0.785. The molecule has 0 bridgehead atoms. The molecule has 2 atom stereocenters. The van der Waals surface area contributed by atoms with Crippen molar-refractivity contribution in [2.45, 2.75) is 25.3 Å². The minimum Gasteiger partial charge on any atom is -0.379 e. The summed E-state index contributed by atoms with van der Waals surface area (Å²) < 4.78 is 5.35. The van der Waals surface area contributed by atoms with Gasteiger partial charge in [0.05, 0.1) is 13.2 Å². The van der Waals surface area contributed by atoms with Gasteiger partial charge in [-0.3, -0.25) is 4.90 Å². The van der Waals surface area contributed by atoms with Gasteiger partial charge in [-0.25, -0.2) is 0 Å². The van der Waals surface area contributed by atoms with Gasteiger partial charge in [-0.1, -0.05) is 0 Å². The Kier molecular flexibility index (Phi) is 3.19. The Bertz CT molecular complexity index is 157. The van der Waals surface area contributed by atoms with E-state index in [1.54, 1.807) is 0 Å². The highest BCUT2D eigenvalue weighted by Crippen LogP contribution is 2.28. The topological polar surface area (TPSA) is 38.5 Å². The van der Waals surface area contributed by atoms with Crippen LogP contribution in [0.1, 0.15) is 19.3 Å². The highest BCUT2D eigenvalue weighted by Gasteiger charge is 2.28. The van der Waals surface area contributed by atoms with E-state index >= 15 is 0 Å². The van der Waals surface area contributed by atoms with Crippen LogP contribution < -0.4 is 5.73 Å². The molecule has 1 heterocycles. The number of hydrogen-bond donors (Lipinski definition) is 1. The first-order valence-electron chi connectivity index (χ1n) is 5.42. The van der Waals surface area contributed by atoms with Crippen LogP contribution in [0.4, 0.5) is 0 Å². The molecule has 2 unspecified atom stereocenters. The summed E-state index contributed by atoms with van der Waals surface area (Å²) in [5, 5.41) is 0. The van der Waals surface area contributed by atoms with Crippen LogP contribution in [0.15, 0.2) is 0 Å². The maximum absolute atomic E-state index is 5.68. The monoisotopic (exact) mass is 184 g/mol. The van der Waals surface area contributed by atoms with Crippen molar-refractivity contribution in [2.24, 2.45) is 11.7 Å². The Labute approximate surface area is 80.2 Å². The number of ether oxygens (including phenoxy) is 1. The van der Waals surface area contributed by atoms with Gasteiger partial charge in [-0.2, -0.15) is 0 Å². The molecule has 3 nitrogen and oxygen atoms in total. The van der Waals surface area contributed by atoms with Crippen molar-refractivity contribution in [3.63, 3.8) is 0 Å². The van der Waals surface area contributed by atoms with Gasteiger partial charge in [-0.05, 0) is 31.7 Å². The summed E-state index contributed by atoms with van der Waals surface area (Å²) in [6, 6.07) is 0.803. The molecular weight excluding hydrogens is 164 g/mol. The molecule has 0 aromatic carbocycles. The molecule has 2 fully saturated rings. The maximum Gasteiger partial charge on any atom is 0.0594 e. The molecule has 2 rings (SSSR count). The largest absolute Gasteiger partial charge is 0.379 e. The molecular formula is C10H20N2O. The molecule has 1 aliphatic heterocycles. The Morgan fingerprint density at radius 2 is 2.00 bits per heavy atom. The molecule has 1 aliphatic carbocycles. The molecule has 0 radical (unpaired) electrons. The van der Waals surface area contributed by atoms with Crippen LogP contribution in [0, 0.1) is 5.92 Å². The fraction of sp³-hybridized carbons (Fsp3) is 1.00. The van der Waals surface area contributed by atoms with E-state index < -0.39 is 0 Å². The third-order valence-electron chi connectivity index (χ3n) is 3.41. The van der Waals surface area contributed by atoms with Gasteiger partial charge < -0.3 is 10.5 Å². The maximum atomic E-state index is 5.68. The first-order chi connectivity index (χ1) is 6.40. The van der Waals surface area contributed by atoms with Crippen molar-refractivity contribution in [3.8, 4) is 0 Å². The Balaban J connectivity index is 1.80. The molecule has 2 aliphatic rings. The lowest BCUT2D eigenvalue weighted by Crippen LogP contribution is -2.42. The molecule has 0 aromatic rings. The first-order valence-corrected chi connectivity index (χ1v) is 5.42. The van der Waals surface area contributed by atoms with Crippen LogP contribution >= 0.6 is 0 Å². The van der Waals surface area contributed by atoms with Crippen molar-refractivity contribution in [1.82, 2.24) is 4.90 Å². The van der Waals surface area contributed by atoms with Crippen molar-refractivity contribution in [3.05, 3.63) is 0 Å². The summed E-state index contributed by atoms with van der Waals surface area (Å²) in [5.41, 5.74) is 5.68. The summed E-state index contributed by atoms with van der Waals surface area (Å²) in [6.07, 6.45) is 4.00. The Morgan fingerprint density at radius 3 is 2.62 bits per heavy atom. The van der Waals surface area contributed by atoms with Crippen LogP contribution in [0.5, 0.6) is 0 Å². The van der Waals surface area contributed by atoms with E-state index in [2.05, 4.69) is 4.90 Å². The minimum atomic E-state index is 0.785. The normalized spacial score (nSPS) is 36.7. The molecule has 0 spiro atoms. The van der Waals surface area contributed by atoms with Crippen molar-refractivity contribution in [2.75, 3.05) is 32.8 Å². The van der Waals surface area contributed by atoms with E-state index in [0.29, 0.717) is 0 Å². The summed E-state index contributed by atoms with van der Waals surface area (Å²) in [4.78, 5) is 2.58. The fourth-order valence-corrected chi connectivity index (χ4v) is 2.54. The van der Waals surface area contributed by atoms with E-state index in [1.165, 1.54) is 19.3 Å². The molecule has 1 saturated carbocycles. The number of rotatable bonds is 2. The quantitative estimate of drug-likeness (QED) is 0.677. The zero-order valence-corrected chi connectivity index (χ0v) is 8.24. The smallest absolute Gasteiger partial charge is 0.0594 e. The zero-order valence-electron chi connectivity index (χ0n) is 8.24. The second-order valence-corrected chi connectivity index (χ2v) is 4.22. The molecule has 0 amide bonds. The van der Waals surface area contributed by atoms with Crippen molar-refractivity contribution < 1.29 is 4.74 Å². The SMILES string of the molecule is NCC1CCC(N2CCOCC2)C1. The third-order valence-corrected chi connectivity index (χ3v) is 3.41. The predicted molar refractivity (Wildman–Crippen MR) is 52.6 cm³/mol. The third kappa shape index (κ3) is 2.22. The van der Waals surface area contributed by atoms with Gasteiger partial charge in [0, 0.05) is 19.1 Å². The van der Waals surface area contributed by atoms with Crippen LogP contribution in [0.2, 0.25) is 0 Å². The van der Waals surface area contributed by atoms with Gasteiger partial charge in [-0.15, -0.1) is 0 Å². The van der Waals surface area contributed by atoms with Gasteiger partial charge in [0.2, 0.25) is 0 Å². The molecule has 0 aromatic heterocycles. The predicted octanol–water partition coefficient (Wildman–Crippen LogP) is 0.446. The fourth-order valence-electron chi connectivity index (χ4n) is 2.54. The highest BCUT2D eigenvalue weighted by atomic mass is 16.5.